The molecule has 0 aromatic heterocycles. The largest absolute Gasteiger partial charge is 0.492 e. The Morgan fingerprint density at radius 3 is 2.44 bits per heavy atom. The van der Waals surface area contributed by atoms with Gasteiger partial charge >= 0.3 is 5.97 Å². The fourth-order valence-electron chi connectivity index (χ4n) is 1.52. The molecule has 0 aliphatic heterocycles. The number of ether oxygens (including phenoxy) is 1. The molecule has 3 nitrogen and oxygen atoms in total. The van der Waals surface area contributed by atoms with Gasteiger partial charge in [-0.25, -0.2) is 0 Å². The lowest BCUT2D eigenvalue weighted by molar-refractivity contribution is -0.148. The Hall–Kier alpha value is -1.51. The van der Waals surface area contributed by atoms with Crippen LogP contribution in [-0.2, 0) is 4.79 Å². The third-order valence-corrected chi connectivity index (χ3v) is 2.92. The van der Waals surface area contributed by atoms with Crippen LogP contribution in [0.3, 0.4) is 0 Å². The van der Waals surface area contributed by atoms with Crippen molar-refractivity contribution in [3.05, 3.63) is 29.3 Å². The topological polar surface area (TPSA) is 46.5 Å². The molecule has 0 aliphatic rings. The van der Waals surface area contributed by atoms with Gasteiger partial charge in [-0.05, 0) is 49.9 Å². The van der Waals surface area contributed by atoms with Gasteiger partial charge in [-0.15, -0.1) is 0 Å². The first-order valence-corrected chi connectivity index (χ1v) is 6.20. The molecule has 0 bridgehead atoms. The Morgan fingerprint density at radius 2 is 1.94 bits per heavy atom. The van der Waals surface area contributed by atoms with Crippen molar-refractivity contribution in [1.29, 1.82) is 0 Å². The van der Waals surface area contributed by atoms with Gasteiger partial charge in [0.2, 0.25) is 0 Å². The predicted octanol–water partition coefficient (Wildman–Crippen LogP) is 3.61. The molecule has 0 spiro atoms. The summed E-state index contributed by atoms with van der Waals surface area (Å²) in [5.41, 5.74) is 1.46. The third kappa shape index (κ3) is 3.76. The second-order valence-corrected chi connectivity index (χ2v) is 5.71. The van der Waals surface area contributed by atoms with E-state index in [1.165, 1.54) is 5.56 Å². The van der Waals surface area contributed by atoms with E-state index in [1.807, 2.05) is 19.1 Å². The molecule has 0 amide bonds. The highest BCUT2D eigenvalue weighted by Gasteiger charge is 2.28. The highest BCUT2D eigenvalue weighted by atomic mass is 16.5. The number of rotatable bonds is 5. The summed E-state index contributed by atoms with van der Waals surface area (Å²) in [7, 11) is 0. The highest BCUT2D eigenvalue weighted by Crippen LogP contribution is 2.25. The fourth-order valence-corrected chi connectivity index (χ4v) is 1.52. The van der Waals surface area contributed by atoms with E-state index in [-0.39, 0.29) is 6.61 Å². The summed E-state index contributed by atoms with van der Waals surface area (Å²) in [5, 5.41) is 9.04. The van der Waals surface area contributed by atoms with Crippen LogP contribution in [0.15, 0.2) is 18.2 Å². The van der Waals surface area contributed by atoms with Gasteiger partial charge in [0.15, 0.2) is 0 Å². The fraction of sp³-hybridized carbons (Fsp3) is 0.533. The average Bonchev–Trinajstić information content (AvgIpc) is 2.25. The van der Waals surface area contributed by atoms with Crippen LogP contribution in [0.4, 0.5) is 0 Å². The van der Waals surface area contributed by atoms with Crippen LogP contribution in [0, 0.1) is 12.3 Å². The molecule has 0 aliphatic carbocycles. The predicted molar refractivity (Wildman–Crippen MR) is 72.2 cm³/mol. The molecular weight excluding hydrogens is 228 g/mol. The Kier molecular flexibility index (Phi) is 4.38. The van der Waals surface area contributed by atoms with Gasteiger partial charge in [0, 0.05) is 0 Å². The quantitative estimate of drug-likeness (QED) is 0.868. The standard InChI is InChI=1S/C15H22O3/c1-10(2)12-6-11(3)7-13(8-12)18-9-15(4,5)14(16)17/h6-8,10H,9H2,1-5H3,(H,16,17). The second kappa shape index (κ2) is 5.42. The Bertz CT molecular complexity index is 433. The molecule has 1 N–H and O–H groups in total. The number of aliphatic carboxylic acids is 1. The first-order chi connectivity index (χ1) is 8.22. The van der Waals surface area contributed by atoms with Crippen molar-refractivity contribution in [3.8, 4) is 5.75 Å². The molecule has 1 rings (SSSR count). The highest BCUT2D eigenvalue weighted by molar-refractivity contribution is 5.73. The Morgan fingerprint density at radius 1 is 1.33 bits per heavy atom. The maximum Gasteiger partial charge on any atom is 0.312 e. The molecule has 0 heterocycles. The molecule has 0 radical (unpaired) electrons. The van der Waals surface area contributed by atoms with Crippen LogP contribution in [0.2, 0.25) is 0 Å². The maximum absolute atomic E-state index is 11.0. The summed E-state index contributed by atoms with van der Waals surface area (Å²) in [6.07, 6.45) is 0. The lowest BCUT2D eigenvalue weighted by Gasteiger charge is -2.20. The van der Waals surface area contributed by atoms with Crippen molar-refractivity contribution in [1.82, 2.24) is 0 Å². The van der Waals surface area contributed by atoms with E-state index in [4.69, 9.17) is 9.84 Å². The Labute approximate surface area is 109 Å². The molecule has 0 unspecified atom stereocenters. The van der Waals surface area contributed by atoms with Crippen molar-refractivity contribution in [2.75, 3.05) is 6.61 Å². The van der Waals surface area contributed by atoms with Crippen molar-refractivity contribution in [2.24, 2.45) is 5.41 Å². The number of carboxylic acids is 1. The molecule has 100 valence electrons. The molecular formula is C15H22O3. The van der Waals surface area contributed by atoms with Crippen molar-refractivity contribution in [3.63, 3.8) is 0 Å². The molecule has 0 saturated heterocycles. The monoisotopic (exact) mass is 250 g/mol. The van der Waals surface area contributed by atoms with Crippen LogP contribution in [0.1, 0.15) is 44.7 Å². The summed E-state index contributed by atoms with van der Waals surface area (Å²) < 4.78 is 5.62. The zero-order chi connectivity index (χ0) is 13.9. The molecule has 0 atom stereocenters. The second-order valence-electron chi connectivity index (χ2n) is 5.71. The number of carboxylic acid groups (broad SMARTS) is 1. The van der Waals surface area contributed by atoms with Gasteiger partial charge < -0.3 is 9.84 Å². The SMILES string of the molecule is Cc1cc(OCC(C)(C)C(=O)O)cc(C(C)C)c1. The summed E-state index contributed by atoms with van der Waals surface area (Å²) in [4.78, 5) is 11.0. The van der Waals surface area contributed by atoms with Crippen molar-refractivity contribution in [2.45, 2.75) is 40.5 Å². The molecule has 1 aromatic rings. The number of hydrogen-bond donors (Lipinski definition) is 1. The number of aryl methyl sites for hydroxylation is 1. The van der Waals surface area contributed by atoms with Crippen LogP contribution in [-0.4, -0.2) is 17.7 Å². The van der Waals surface area contributed by atoms with Crippen LogP contribution in [0.5, 0.6) is 5.75 Å². The van der Waals surface area contributed by atoms with E-state index < -0.39 is 11.4 Å². The summed E-state index contributed by atoms with van der Waals surface area (Å²) in [5.74, 6) is 0.326. The lowest BCUT2D eigenvalue weighted by Crippen LogP contribution is -2.30. The molecule has 0 saturated carbocycles. The van der Waals surface area contributed by atoms with E-state index in [9.17, 15) is 4.79 Å². The number of benzene rings is 1. The van der Waals surface area contributed by atoms with E-state index in [1.54, 1.807) is 13.8 Å². The first kappa shape index (κ1) is 14.6. The summed E-state index contributed by atoms with van der Waals surface area (Å²) >= 11 is 0. The van der Waals surface area contributed by atoms with Crippen LogP contribution in [0.25, 0.3) is 0 Å². The first-order valence-electron chi connectivity index (χ1n) is 6.20. The zero-order valence-corrected chi connectivity index (χ0v) is 11.8. The van der Waals surface area contributed by atoms with E-state index >= 15 is 0 Å². The minimum Gasteiger partial charge on any atom is -0.492 e. The zero-order valence-electron chi connectivity index (χ0n) is 11.8. The molecule has 0 fully saturated rings. The van der Waals surface area contributed by atoms with Crippen LogP contribution >= 0.6 is 0 Å². The van der Waals surface area contributed by atoms with Gasteiger partial charge in [0.25, 0.3) is 0 Å². The minimum absolute atomic E-state index is 0.170. The normalized spacial score (nSPS) is 11.7. The maximum atomic E-state index is 11.0. The van der Waals surface area contributed by atoms with Gasteiger partial charge in [0.05, 0.1) is 5.41 Å². The van der Waals surface area contributed by atoms with Gasteiger partial charge in [-0.3, -0.25) is 4.79 Å². The third-order valence-electron chi connectivity index (χ3n) is 2.92. The summed E-state index contributed by atoms with van der Waals surface area (Å²) in [6.45, 7) is 9.76. The van der Waals surface area contributed by atoms with Crippen LogP contribution < -0.4 is 4.74 Å². The molecule has 18 heavy (non-hydrogen) atoms. The van der Waals surface area contributed by atoms with Gasteiger partial charge in [-0.2, -0.15) is 0 Å². The van der Waals surface area contributed by atoms with E-state index in [0.717, 1.165) is 11.3 Å². The van der Waals surface area contributed by atoms with Crippen molar-refractivity contribution >= 4 is 5.97 Å². The Balaban J connectivity index is 2.82. The molecule has 1 aromatic carbocycles. The number of carbonyl (C=O) groups is 1. The molecule has 3 heteroatoms. The summed E-state index contributed by atoms with van der Waals surface area (Å²) in [6, 6.07) is 6.04. The van der Waals surface area contributed by atoms with E-state index in [2.05, 4.69) is 19.9 Å². The number of hydrogen-bond acceptors (Lipinski definition) is 2. The lowest BCUT2D eigenvalue weighted by atomic mass is 9.95. The van der Waals surface area contributed by atoms with E-state index in [0.29, 0.717) is 5.92 Å². The van der Waals surface area contributed by atoms with Gasteiger partial charge in [-0.1, -0.05) is 19.9 Å². The van der Waals surface area contributed by atoms with Gasteiger partial charge in [0.1, 0.15) is 12.4 Å². The van der Waals surface area contributed by atoms with Crippen molar-refractivity contribution < 1.29 is 14.6 Å². The smallest absolute Gasteiger partial charge is 0.312 e. The minimum atomic E-state index is -0.873. The average molecular weight is 250 g/mol.